The van der Waals surface area contributed by atoms with Crippen LogP contribution in [0.5, 0.6) is 5.75 Å². The number of nitrogens with one attached hydrogen (secondary N) is 2. The Morgan fingerprint density at radius 1 is 1.27 bits per heavy atom. The Bertz CT molecular complexity index is 788. The number of methoxy groups -OCH3 is 1. The first-order valence-corrected chi connectivity index (χ1v) is 8.47. The van der Waals surface area contributed by atoms with Gasteiger partial charge in [0.05, 0.1) is 13.2 Å². The predicted octanol–water partition coefficient (Wildman–Crippen LogP) is 2.25. The molecule has 1 aliphatic rings. The summed E-state index contributed by atoms with van der Waals surface area (Å²) in [6, 6.07) is 10.1. The molecule has 2 amide bonds. The number of hydrogen-bond acceptors (Lipinski definition) is 5. The molecule has 7 heteroatoms. The quantitative estimate of drug-likeness (QED) is 0.830. The van der Waals surface area contributed by atoms with E-state index in [1.165, 1.54) is 12.3 Å². The highest BCUT2D eigenvalue weighted by atomic mass is 16.5. The molecule has 2 heterocycles. The average Bonchev–Trinajstić information content (AvgIpc) is 3.20. The maximum Gasteiger partial charge on any atom is 0.269 e. The second-order valence-electron chi connectivity index (χ2n) is 5.96. The van der Waals surface area contributed by atoms with Crippen LogP contribution in [0.2, 0.25) is 0 Å². The lowest BCUT2D eigenvalue weighted by molar-refractivity contribution is 0.0853. The largest absolute Gasteiger partial charge is 0.497 e. The van der Waals surface area contributed by atoms with E-state index < -0.39 is 0 Å². The molecule has 0 saturated carbocycles. The molecule has 1 aromatic heterocycles. The van der Waals surface area contributed by atoms with Gasteiger partial charge in [0.25, 0.3) is 11.8 Å². The first-order chi connectivity index (χ1) is 12.7. The SMILES string of the molecule is COc1cccc(NC(=O)c2ccnc(C(=O)NCC3CCCO3)c2)c1. The third-order valence-electron chi connectivity index (χ3n) is 4.10. The summed E-state index contributed by atoms with van der Waals surface area (Å²) >= 11 is 0. The third kappa shape index (κ3) is 4.58. The highest BCUT2D eigenvalue weighted by Crippen LogP contribution is 2.17. The third-order valence-corrected chi connectivity index (χ3v) is 4.10. The van der Waals surface area contributed by atoms with Gasteiger partial charge < -0.3 is 20.1 Å². The second-order valence-corrected chi connectivity index (χ2v) is 5.96. The van der Waals surface area contributed by atoms with Gasteiger partial charge in [-0.1, -0.05) is 6.07 Å². The second kappa shape index (κ2) is 8.44. The van der Waals surface area contributed by atoms with Gasteiger partial charge in [-0.2, -0.15) is 0 Å². The first-order valence-electron chi connectivity index (χ1n) is 8.47. The molecule has 0 aliphatic carbocycles. The molecule has 1 atom stereocenters. The van der Waals surface area contributed by atoms with Crippen LogP contribution in [-0.4, -0.2) is 43.2 Å². The van der Waals surface area contributed by atoms with Gasteiger partial charge in [0.15, 0.2) is 0 Å². The predicted molar refractivity (Wildman–Crippen MR) is 96.5 cm³/mol. The van der Waals surface area contributed by atoms with Crippen LogP contribution in [0.25, 0.3) is 0 Å². The molecule has 1 unspecified atom stereocenters. The van der Waals surface area contributed by atoms with Crippen LogP contribution in [0.4, 0.5) is 5.69 Å². The maximum absolute atomic E-state index is 12.4. The molecule has 0 radical (unpaired) electrons. The van der Waals surface area contributed by atoms with Crippen molar-refractivity contribution in [2.75, 3.05) is 25.6 Å². The average molecular weight is 355 g/mol. The Hall–Kier alpha value is -2.93. The van der Waals surface area contributed by atoms with Crippen molar-refractivity contribution in [1.82, 2.24) is 10.3 Å². The minimum absolute atomic E-state index is 0.0542. The topological polar surface area (TPSA) is 89.5 Å². The highest BCUT2D eigenvalue weighted by Gasteiger charge is 2.18. The molecule has 1 saturated heterocycles. The number of pyridine rings is 1. The Balaban J connectivity index is 1.63. The minimum atomic E-state index is -0.325. The number of nitrogens with zero attached hydrogens (tertiary/aromatic N) is 1. The number of ether oxygens (including phenoxy) is 2. The summed E-state index contributed by atoms with van der Waals surface area (Å²) in [5.41, 5.74) is 1.15. The molecule has 0 bridgehead atoms. The van der Waals surface area contributed by atoms with Crippen molar-refractivity contribution < 1.29 is 19.1 Å². The first kappa shape index (κ1) is 17.9. The van der Waals surface area contributed by atoms with Gasteiger partial charge in [0.1, 0.15) is 11.4 Å². The Labute approximate surface area is 151 Å². The zero-order valence-electron chi connectivity index (χ0n) is 14.5. The Morgan fingerprint density at radius 2 is 2.15 bits per heavy atom. The van der Waals surface area contributed by atoms with E-state index in [0.29, 0.717) is 23.5 Å². The monoisotopic (exact) mass is 355 g/mol. The van der Waals surface area contributed by atoms with Crippen molar-refractivity contribution in [1.29, 1.82) is 0 Å². The summed E-state index contributed by atoms with van der Waals surface area (Å²) < 4.78 is 10.6. The van der Waals surface area contributed by atoms with Crippen molar-refractivity contribution >= 4 is 17.5 Å². The summed E-state index contributed by atoms with van der Waals surface area (Å²) in [5.74, 6) is -0.00270. The van der Waals surface area contributed by atoms with Crippen LogP contribution >= 0.6 is 0 Å². The molecule has 1 aliphatic heterocycles. The van der Waals surface area contributed by atoms with E-state index >= 15 is 0 Å². The Kier molecular flexibility index (Phi) is 5.80. The van der Waals surface area contributed by atoms with Crippen LogP contribution in [0.1, 0.15) is 33.7 Å². The number of anilines is 1. The molecule has 7 nitrogen and oxygen atoms in total. The van der Waals surface area contributed by atoms with E-state index in [4.69, 9.17) is 9.47 Å². The van der Waals surface area contributed by atoms with Gasteiger partial charge in [-0.3, -0.25) is 14.6 Å². The zero-order chi connectivity index (χ0) is 18.4. The van der Waals surface area contributed by atoms with Crippen molar-refractivity contribution in [2.24, 2.45) is 0 Å². The normalized spacial score (nSPS) is 16.1. The van der Waals surface area contributed by atoms with E-state index in [-0.39, 0.29) is 23.6 Å². The van der Waals surface area contributed by atoms with Crippen molar-refractivity contribution in [3.05, 3.63) is 53.9 Å². The van der Waals surface area contributed by atoms with Gasteiger partial charge in [-0.15, -0.1) is 0 Å². The molecular formula is C19H21N3O4. The van der Waals surface area contributed by atoms with Gasteiger partial charge in [-0.05, 0) is 37.1 Å². The van der Waals surface area contributed by atoms with Crippen LogP contribution in [-0.2, 0) is 4.74 Å². The van der Waals surface area contributed by atoms with Crippen LogP contribution in [0.15, 0.2) is 42.6 Å². The number of amides is 2. The molecule has 1 aromatic carbocycles. The van der Waals surface area contributed by atoms with Crippen LogP contribution in [0, 0.1) is 0 Å². The standard InChI is InChI=1S/C19H21N3O4/c1-25-15-5-2-4-14(11-15)22-18(23)13-7-8-20-17(10-13)19(24)21-12-16-6-3-9-26-16/h2,4-5,7-8,10-11,16H,3,6,9,12H2,1H3,(H,21,24)(H,22,23). The molecule has 3 rings (SSSR count). The fourth-order valence-corrected chi connectivity index (χ4v) is 2.70. The van der Waals surface area contributed by atoms with E-state index in [0.717, 1.165) is 19.4 Å². The van der Waals surface area contributed by atoms with Crippen molar-refractivity contribution in [3.63, 3.8) is 0 Å². The lowest BCUT2D eigenvalue weighted by atomic mass is 10.2. The number of hydrogen-bond donors (Lipinski definition) is 2. The number of carbonyl (C=O) groups excluding carboxylic acids is 2. The van der Waals surface area contributed by atoms with Gasteiger partial charge >= 0.3 is 0 Å². The summed E-state index contributed by atoms with van der Waals surface area (Å²) in [6.07, 6.45) is 3.45. The van der Waals surface area contributed by atoms with Crippen molar-refractivity contribution in [2.45, 2.75) is 18.9 Å². The van der Waals surface area contributed by atoms with E-state index in [1.54, 1.807) is 37.4 Å². The fourth-order valence-electron chi connectivity index (χ4n) is 2.70. The molecule has 26 heavy (non-hydrogen) atoms. The summed E-state index contributed by atoms with van der Waals surface area (Å²) in [4.78, 5) is 28.7. The van der Waals surface area contributed by atoms with E-state index in [2.05, 4.69) is 15.6 Å². The summed E-state index contributed by atoms with van der Waals surface area (Å²) in [7, 11) is 1.56. The fraction of sp³-hybridized carbons (Fsp3) is 0.316. The van der Waals surface area contributed by atoms with Crippen LogP contribution < -0.4 is 15.4 Å². The molecule has 2 N–H and O–H groups in total. The highest BCUT2D eigenvalue weighted by molar-refractivity contribution is 6.05. The van der Waals surface area contributed by atoms with Crippen LogP contribution in [0.3, 0.4) is 0 Å². The van der Waals surface area contributed by atoms with Gasteiger partial charge in [-0.25, -0.2) is 0 Å². The molecular weight excluding hydrogens is 334 g/mol. The van der Waals surface area contributed by atoms with Crippen molar-refractivity contribution in [3.8, 4) is 5.75 Å². The van der Waals surface area contributed by atoms with Gasteiger partial charge in [0.2, 0.25) is 0 Å². The smallest absolute Gasteiger partial charge is 0.269 e. The lowest BCUT2D eigenvalue weighted by Crippen LogP contribution is -2.32. The number of benzene rings is 1. The molecule has 1 fully saturated rings. The summed E-state index contributed by atoms with van der Waals surface area (Å²) in [6.45, 7) is 1.18. The molecule has 2 aromatic rings. The number of rotatable bonds is 6. The molecule has 0 spiro atoms. The van der Waals surface area contributed by atoms with E-state index in [1.807, 2.05) is 0 Å². The number of aromatic nitrogens is 1. The molecule has 136 valence electrons. The summed E-state index contributed by atoms with van der Waals surface area (Å²) in [5, 5.41) is 5.57. The Morgan fingerprint density at radius 3 is 2.92 bits per heavy atom. The lowest BCUT2D eigenvalue weighted by Gasteiger charge is -2.11. The number of carbonyl (C=O) groups is 2. The minimum Gasteiger partial charge on any atom is -0.497 e. The van der Waals surface area contributed by atoms with Gasteiger partial charge in [0, 0.05) is 36.7 Å². The zero-order valence-corrected chi connectivity index (χ0v) is 14.5. The maximum atomic E-state index is 12.4. The van der Waals surface area contributed by atoms with E-state index in [9.17, 15) is 9.59 Å².